The maximum atomic E-state index is 13.6. The van der Waals surface area contributed by atoms with Crippen molar-refractivity contribution in [1.29, 1.82) is 0 Å². The number of nitrogens with zero attached hydrogens (tertiary/aromatic N) is 2. The maximum absolute atomic E-state index is 13.6. The van der Waals surface area contributed by atoms with E-state index in [4.69, 9.17) is 12.2 Å². The Bertz CT molecular complexity index is 896. The van der Waals surface area contributed by atoms with Crippen LogP contribution in [0, 0.1) is 11.6 Å². The normalized spacial score (nSPS) is 10.5. The summed E-state index contributed by atoms with van der Waals surface area (Å²) < 4.78 is 29.3. The number of hydrogen-bond donors (Lipinski definition) is 2. The largest absolute Gasteiger partial charge is 0.330 e. The third-order valence-corrected chi connectivity index (χ3v) is 4.06. The van der Waals surface area contributed by atoms with Gasteiger partial charge in [-0.05, 0) is 42.0 Å². The van der Waals surface area contributed by atoms with E-state index in [0.717, 1.165) is 22.2 Å². The number of benzene rings is 2. The molecule has 0 bridgehead atoms. The van der Waals surface area contributed by atoms with Crippen LogP contribution in [0.25, 0.3) is 0 Å². The highest BCUT2D eigenvalue weighted by molar-refractivity contribution is 9.10. The van der Waals surface area contributed by atoms with E-state index in [1.807, 2.05) is 24.3 Å². The zero-order valence-electron chi connectivity index (χ0n) is 12.8. The molecule has 1 heterocycles. The van der Waals surface area contributed by atoms with Crippen LogP contribution in [0.15, 0.2) is 59.3 Å². The van der Waals surface area contributed by atoms with Gasteiger partial charge in [0, 0.05) is 16.7 Å². The summed E-state index contributed by atoms with van der Waals surface area (Å²) in [5.74, 6) is -1.36. The summed E-state index contributed by atoms with van der Waals surface area (Å²) in [5, 5.41) is 10.0. The Labute approximate surface area is 157 Å². The number of halogens is 3. The third-order valence-electron chi connectivity index (χ3n) is 3.33. The van der Waals surface area contributed by atoms with Crippen molar-refractivity contribution in [2.24, 2.45) is 0 Å². The molecule has 0 amide bonds. The van der Waals surface area contributed by atoms with Crippen molar-refractivity contribution < 1.29 is 8.78 Å². The standard InChI is InChI=1S/C17H13BrF2N4S/c18-12-3-1-11(2-4-12)9-24-10-14(8-21-24)22-17(25)23-16-6-5-13(19)7-15(16)20/h1-8,10H,9H2,(H2,22,23,25). The van der Waals surface area contributed by atoms with E-state index in [1.54, 1.807) is 17.1 Å². The van der Waals surface area contributed by atoms with Gasteiger partial charge in [0.25, 0.3) is 0 Å². The first-order valence-electron chi connectivity index (χ1n) is 7.29. The zero-order chi connectivity index (χ0) is 17.8. The first-order chi connectivity index (χ1) is 12.0. The summed E-state index contributed by atoms with van der Waals surface area (Å²) in [5.41, 5.74) is 1.87. The first kappa shape index (κ1) is 17.5. The topological polar surface area (TPSA) is 41.9 Å². The molecule has 0 fully saturated rings. The van der Waals surface area contributed by atoms with Crippen molar-refractivity contribution in [1.82, 2.24) is 9.78 Å². The van der Waals surface area contributed by atoms with Crippen LogP contribution >= 0.6 is 28.1 Å². The number of hydrogen-bond acceptors (Lipinski definition) is 2. The second-order valence-electron chi connectivity index (χ2n) is 5.26. The molecular weight excluding hydrogens is 410 g/mol. The van der Waals surface area contributed by atoms with Gasteiger partial charge in [0.15, 0.2) is 5.11 Å². The Kier molecular flexibility index (Phi) is 5.40. The third kappa shape index (κ3) is 4.83. The van der Waals surface area contributed by atoms with E-state index in [-0.39, 0.29) is 10.8 Å². The Morgan fingerprint density at radius 3 is 2.60 bits per heavy atom. The molecule has 4 nitrogen and oxygen atoms in total. The number of anilines is 2. The van der Waals surface area contributed by atoms with E-state index >= 15 is 0 Å². The molecule has 0 spiro atoms. The van der Waals surface area contributed by atoms with Gasteiger partial charge in [-0.3, -0.25) is 4.68 Å². The summed E-state index contributed by atoms with van der Waals surface area (Å²) in [7, 11) is 0. The SMILES string of the molecule is Fc1ccc(NC(=S)Nc2cnn(Cc3ccc(Br)cc3)c2)c(F)c1. The van der Waals surface area contributed by atoms with Gasteiger partial charge in [-0.25, -0.2) is 8.78 Å². The first-order valence-corrected chi connectivity index (χ1v) is 8.50. The second-order valence-corrected chi connectivity index (χ2v) is 6.58. The molecule has 1 aromatic heterocycles. The highest BCUT2D eigenvalue weighted by Gasteiger charge is 2.07. The minimum absolute atomic E-state index is 0.0983. The fourth-order valence-electron chi connectivity index (χ4n) is 2.17. The molecule has 128 valence electrons. The monoisotopic (exact) mass is 422 g/mol. The summed E-state index contributed by atoms with van der Waals surface area (Å²) in [4.78, 5) is 0. The number of rotatable bonds is 4. The van der Waals surface area contributed by atoms with Gasteiger partial charge in [-0.15, -0.1) is 0 Å². The molecule has 2 N–H and O–H groups in total. The van der Waals surface area contributed by atoms with Crippen LogP contribution in [-0.4, -0.2) is 14.9 Å². The van der Waals surface area contributed by atoms with E-state index in [2.05, 4.69) is 31.7 Å². The van der Waals surface area contributed by atoms with Gasteiger partial charge in [0.05, 0.1) is 24.1 Å². The number of thiocarbonyl (C=S) groups is 1. The highest BCUT2D eigenvalue weighted by atomic mass is 79.9. The molecule has 0 aliphatic rings. The molecule has 0 saturated carbocycles. The minimum Gasteiger partial charge on any atom is -0.330 e. The lowest BCUT2D eigenvalue weighted by molar-refractivity contribution is 0.586. The fraction of sp³-hybridized carbons (Fsp3) is 0.0588. The number of aromatic nitrogens is 2. The Morgan fingerprint density at radius 2 is 1.88 bits per heavy atom. The lowest BCUT2D eigenvalue weighted by Crippen LogP contribution is -2.19. The molecule has 3 rings (SSSR count). The van der Waals surface area contributed by atoms with Crippen LogP contribution in [0.3, 0.4) is 0 Å². The minimum atomic E-state index is -0.713. The van der Waals surface area contributed by atoms with E-state index in [1.165, 1.54) is 6.07 Å². The van der Waals surface area contributed by atoms with E-state index in [0.29, 0.717) is 12.2 Å². The molecule has 0 aliphatic carbocycles. The molecule has 0 radical (unpaired) electrons. The van der Waals surface area contributed by atoms with Crippen molar-refractivity contribution in [3.05, 3.63) is 76.5 Å². The van der Waals surface area contributed by atoms with Gasteiger partial charge in [-0.2, -0.15) is 5.10 Å². The van der Waals surface area contributed by atoms with Crippen molar-refractivity contribution in [2.45, 2.75) is 6.54 Å². The molecule has 8 heteroatoms. The Balaban J connectivity index is 1.60. The summed E-state index contributed by atoms with van der Waals surface area (Å²) >= 11 is 8.54. The van der Waals surface area contributed by atoms with Gasteiger partial charge in [-0.1, -0.05) is 28.1 Å². The molecule has 25 heavy (non-hydrogen) atoms. The molecule has 0 atom stereocenters. The molecule has 0 aliphatic heterocycles. The molecule has 2 aromatic carbocycles. The Hall–Kier alpha value is -2.32. The summed E-state index contributed by atoms with van der Waals surface area (Å²) in [6.07, 6.45) is 3.41. The van der Waals surface area contributed by atoms with E-state index in [9.17, 15) is 8.78 Å². The van der Waals surface area contributed by atoms with Crippen LogP contribution in [-0.2, 0) is 6.54 Å². The molecule has 0 saturated heterocycles. The number of nitrogens with one attached hydrogen (secondary N) is 2. The van der Waals surface area contributed by atoms with Gasteiger partial charge < -0.3 is 10.6 Å². The summed E-state index contributed by atoms with van der Waals surface area (Å²) in [6, 6.07) is 11.2. The summed E-state index contributed by atoms with van der Waals surface area (Å²) in [6.45, 7) is 0.613. The lowest BCUT2D eigenvalue weighted by atomic mass is 10.2. The van der Waals surface area contributed by atoms with Crippen molar-refractivity contribution in [3.8, 4) is 0 Å². The Morgan fingerprint density at radius 1 is 1.12 bits per heavy atom. The second kappa shape index (κ2) is 7.71. The molecule has 0 unspecified atom stereocenters. The zero-order valence-corrected chi connectivity index (χ0v) is 15.2. The average molecular weight is 423 g/mol. The maximum Gasteiger partial charge on any atom is 0.175 e. The fourth-order valence-corrected chi connectivity index (χ4v) is 2.66. The van der Waals surface area contributed by atoms with E-state index < -0.39 is 11.6 Å². The van der Waals surface area contributed by atoms with Crippen molar-refractivity contribution in [2.75, 3.05) is 10.6 Å². The van der Waals surface area contributed by atoms with Gasteiger partial charge in [0.2, 0.25) is 0 Å². The van der Waals surface area contributed by atoms with Gasteiger partial charge >= 0.3 is 0 Å². The van der Waals surface area contributed by atoms with Crippen LogP contribution in [0.4, 0.5) is 20.2 Å². The average Bonchev–Trinajstić information content (AvgIpc) is 2.99. The van der Waals surface area contributed by atoms with Crippen LogP contribution < -0.4 is 10.6 Å². The van der Waals surface area contributed by atoms with Crippen LogP contribution in [0.1, 0.15) is 5.56 Å². The van der Waals surface area contributed by atoms with Gasteiger partial charge in [0.1, 0.15) is 11.6 Å². The van der Waals surface area contributed by atoms with Crippen molar-refractivity contribution in [3.63, 3.8) is 0 Å². The quantitative estimate of drug-likeness (QED) is 0.593. The van der Waals surface area contributed by atoms with Crippen LogP contribution in [0.2, 0.25) is 0 Å². The predicted molar refractivity (Wildman–Crippen MR) is 102 cm³/mol. The highest BCUT2D eigenvalue weighted by Crippen LogP contribution is 2.16. The lowest BCUT2D eigenvalue weighted by Gasteiger charge is -2.09. The van der Waals surface area contributed by atoms with Crippen molar-refractivity contribution >= 4 is 44.6 Å². The van der Waals surface area contributed by atoms with Crippen LogP contribution in [0.5, 0.6) is 0 Å². The smallest absolute Gasteiger partial charge is 0.175 e. The predicted octanol–water partition coefficient (Wildman–Crippen LogP) is 4.78. The molecule has 3 aromatic rings. The molecular formula is C17H13BrF2N4S.